The van der Waals surface area contributed by atoms with Crippen molar-refractivity contribution in [1.82, 2.24) is 10.3 Å². The van der Waals surface area contributed by atoms with E-state index < -0.39 is 23.4 Å². The maximum absolute atomic E-state index is 13.0. The van der Waals surface area contributed by atoms with Crippen molar-refractivity contribution in [3.8, 4) is 0 Å². The number of carbonyl (C=O) groups is 1. The fourth-order valence-electron chi connectivity index (χ4n) is 2.38. The summed E-state index contributed by atoms with van der Waals surface area (Å²) in [6.07, 6.45) is -1.67. The second kappa shape index (κ2) is 6.53. The van der Waals surface area contributed by atoms with Gasteiger partial charge in [-0.05, 0) is 19.0 Å². The highest BCUT2D eigenvalue weighted by molar-refractivity contribution is 5.99. The molecule has 2 heterocycles. The summed E-state index contributed by atoms with van der Waals surface area (Å²) >= 11 is 0. The van der Waals surface area contributed by atoms with E-state index in [1.807, 2.05) is 6.92 Å². The van der Waals surface area contributed by atoms with E-state index in [0.29, 0.717) is 13.2 Å². The lowest BCUT2D eigenvalue weighted by Gasteiger charge is -2.19. The van der Waals surface area contributed by atoms with Crippen LogP contribution in [0.1, 0.15) is 29.3 Å². The molecule has 0 aliphatic carbocycles. The number of ketones is 1. The van der Waals surface area contributed by atoms with Crippen LogP contribution in [0.15, 0.2) is 18.5 Å². The monoisotopic (exact) mass is 302 g/mol. The Morgan fingerprint density at radius 3 is 2.90 bits per heavy atom. The predicted octanol–water partition coefficient (Wildman–Crippen LogP) is 2.30. The average Bonchev–Trinajstić information content (AvgIpc) is 2.91. The first-order chi connectivity index (χ1) is 9.95. The molecule has 1 aromatic heterocycles. The van der Waals surface area contributed by atoms with Gasteiger partial charge in [-0.2, -0.15) is 13.2 Å². The summed E-state index contributed by atoms with van der Waals surface area (Å²) < 4.78 is 44.2. The molecule has 1 aliphatic rings. The van der Waals surface area contributed by atoms with Crippen LogP contribution in [0.2, 0.25) is 0 Å². The highest BCUT2D eigenvalue weighted by Crippen LogP contribution is 2.33. The zero-order chi connectivity index (χ0) is 15.5. The molecule has 1 saturated heterocycles. The number of hydrogen-bond acceptors (Lipinski definition) is 4. The summed E-state index contributed by atoms with van der Waals surface area (Å²) in [4.78, 5) is 16.1. The lowest BCUT2D eigenvalue weighted by molar-refractivity contribution is -0.138. The van der Waals surface area contributed by atoms with E-state index in [-0.39, 0.29) is 18.2 Å². The maximum Gasteiger partial charge on any atom is 0.417 e. The molecule has 1 N–H and O–H groups in total. The zero-order valence-electron chi connectivity index (χ0n) is 11.6. The van der Waals surface area contributed by atoms with E-state index in [1.165, 1.54) is 0 Å². The molecule has 0 radical (unpaired) electrons. The molecule has 2 atom stereocenters. The number of halogens is 3. The van der Waals surface area contributed by atoms with Crippen molar-refractivity contribution in [2.24, 2.45) is 5.92 Å². The van der Waals surface area contributed by atoms with Gasteiger partial charge in [-0.1, -0.05) is 6.92 Å². The highest BCUT2D eigenvalue weighted by Gasteiger charge is 2.40. The van der Waals surface area contributed by atoms with Gasteiger partial charge in [-0.3, -0.25) is 9.78 Å². The largest absolute Gasteiger partial charge is 0.417 e. The Labute approximate surface area is 120 Å². The van der Waals surface area contributed by atoms with Gasteiger partial charge in [-0.25, -0.2) is 0 Å². The summed E-state index contributed by atoms with van der Waals surface area (Å²) in [6, 6.07) is 0.580. The Balaban J connectivity index is 2.24. The van der Waals surface area contributed by atoms with Gasteiger partial charge in [0.05, 0.1) is 24.7 Å². The van der Waals surface area contributed by atoms with Crippen molar-refractivity contribution in [3.63, 3.8) is 0 Å². The van der Waals surface area contributed by atoms with Gasteiger partial charge in [0.15, 0.2) is 5.78 Å². The molecule has 0 spiro atoms. The molecule has 0 amide bonds. The smallest absolute Gasteiger partial charge is 0.379 e. The molecule has 1 aromatic rings. The number of hydrogen-bond donors (Lipinski definition) is 1. The van der Waals surface area contributed by atoms with Gasteiger partial charge in [0.2, 0.25) is 0 Å². The van der Waals surface area contributed by atoms with Crippen molar-refractivity contribution in [2.45, 2.75) is 25.6 Å². The van der Waals surface area contributed by atoms with Gasteiger partial charge < -0.3 is 10.1 Å². The van der Waals surface area contributed by atoms with Gasteiger partial charge in [0, 0.05) is 24.0 Å². The topological polar surface area (TPSA) is 51.2 Å². The van der Waals surface area contributed by atoms with Crippen LogP contribution >= 0.6 is 0 Å². The lowest BCUT2D eigenvalue weighted by atomic mass is 9.91. The van der Waals surface area contributed by atoms with E-state index in [9.17, 15) is 18.0 Å². The molecule has 1 fully saturated rings. The van der Waals surface area contributed by atoms with Crippen LogP contribution in [0, 0.1) is 5.92 Å². The standard InChI is InChI=1S/C14H17F3N2O2/c1-2-4-19-12-8-21-7-10(12)13(20)9-6-18-5-3-11(9)14(15,16)17/h3,5-6,10,12,19H,2,4,7-8H2,1H3. The summed E-state index contributed by atoms with van der Waals surface area (Å²) in [7, 11) is 0. The number of pyridine rings is 1. The van der Waals surface area contributed by atoms with E-state index in [4.69, 9.17) is 4.74 Å². The first-order valence-corrected chi connectivity index (χ1v) is 6.81. The Morgan fingerprint density at radius 1 is 1.48 bits per heavy atom. The number of alkyl halides is 3. The van der Waals surface area contributed by atoms with Crippen LogP contribution in [-0.4, -0.2) is 36.6 Å². The van der Waals surface area contributed by atoms with Gasteiger partial charge in [0.25, 0.3) is 0 Å². The second-order valence-electron chi connectivity index (χ2n) is 4.99. The molecule has 116 valence electrons. The minimum absolute atomic E-state index is 0.131. The lowest BCUT2D eigenvalue weighted by Crippen LogP contribution is -2.40. The Hall–Kier alpha value is -1.47. The molecule has 21 heavy (non-hydrogen) atoms. The van der Waals surface area contributed by atoms with Crippen LogP contribution in [0.4, 0.5) is 13.2 Å². The Bertz CT molecular complexity index is 505. The van der Waals surface area contributed by atoms with Crippen molar-refractivity contribution in [1.29, 1.82) is 0 Å². The van der Waals surface area contributed by atoms with Crippen molar-refractivity contribution in [3.05, 3.63) is 29.6 Å². The number of rotatable bonds is 5. The summed E-state index contributed by atoms with van der Waals surface area (Å²) in [6.45, 7) is 3.13. The SMILES string of the molecule is CCCNC1COCC1C(=O)c1cnccc1C(F)(F)F. The van der Waals surface area contributed by atoms with Crippen LogP contribution in [0.3, 0.4) is 0 Å². The molecule has 1 aliphatic heterocycles. The minimum atomic E-state index is -4.57. The highest BCUT2D eigenvalue weighted by atomic mass is 19.4. The van der Waals surface area contributed by atoms with Crippen LogP contribution in [0.5, 0.6) is 0 Å². The van der Waals surface area contributed by atoms with E-state index in [1.54, 1.807) is 0 Å². The van der Waals surface area contributed by atoms with Gasteiger partial charge >= 0.3 is 6.18 Å². The quantitative estimate of drug-likeness (QED) is 0.848. The normalized spacial score (nSPS) is 22.5. The first kappa shape index (κ1) is 15.9. The molecule has 0 saturated carbocycles. The molecular weight excluding hydrogens is 285 g/mol. The van der Waals surface area contributed by atoms with Crippen molar-refractivity contribution < 1.29 is 22.7 Å². The van der Waals surface area contributed by atoms with Gasteiger partial charge in [0.1, 0.15) is 0 Å². The summed E-state index contributed by atoms with van der Waals surface area (Å²) in [5.74, 6) is -1.18. The Morgan fingerprint density at radius 2 is 2.24 bits per heavy atom. The predicted molar refractivity (Wildman–Crippen MR) is 70.0 cm³/mol. The number of ether oxygens (including phenoxy) is 1. The minimum Gasteiger partial charge on any atom is -0.379 e. The first-order valence-electron chi connectivity index (χ1n) is 6.81. The van der Waals surface area contributed by atoms with Crippen LogP contribution in [0.25, 0.3) is 0 Å². The molecule has 2 unspecified atom stereocenters. The molecule has 2 rings (SSSR count). The molecule has 7 heteroatoms. The number of aromatic nitrogens is 1. The fourth-order valence-corrected chi connectivity index (χ4v) is 2.38. The summed E-state index contributed by atoms with van der Waals surface area (Å²) in [5.41, 5.74) is -1.33. The Kier molecular flexibility index (Phi) is 4.95. The number of Topliss-reactive ketones (excluding diaryl/α,β-unsaturated/α-hetero) is 1. The van der Waals surface area contributed by atoms with Crippen LogP contribution in [-0.2, 0) is 10.9 Å². The van der Waals surface area contributed by atoms with E-state index in [2.05, 4.69) is 10.3 Å². The molecule has 4 nitrogen and oxygen atoms in total. The molecule has 0 aromatic carbocycles. The number of nitrogens with zero attached hydrogens (tertiary/aromatic N) is 1. The third-order valence-electron chi connectivity index (χ3n) is 3.47. The molecule has 0 bridgehead atoms. The van der Waals surface area contributed by atoms with Crippen molar-refractivity contribution in [2.75, 3.05) is 19.8 Å². The van der Waals surface area contributed by atoms with Gasteiger partial charge in [-0.15, -0.1) is 0 Å². The fraction of sp³-hybridized carbons (Fsp3) is 0.571. The van der Waals surface area contributed by atoms with E-state index in [0.717, 1.165) is 24.9 Å². The van der Waals surface area contributed by atoms with Crippen molar-refractivity contribution >= 4 is 5.78 Å². The number of carbonyl (C=O) groups excluding carboxylic acids is 1. The average molecular weight is 302 g/mol. The number of nitrogens with one attached hydrogen (secondary N) is 1. The van der Waals surface area contributed by atoms with Crippen LogP contribution < -0.4 is 5.32 Å². The van der Waals surface area contributed by atoms with E-state index >= 15 is 0 Å². The third-order valence-corrected chi connectivity index (χ3v) is 3.47. The second-order valence-corrected chi connectivity index (χ2v) is 4.99. The third kappa shape index (κ3) is 3.59. The zero-order valence-corrected chi connectivity index (χ0v) is 11.6. The molecular formula is C14H17F3N2O2. The summed E-state index contributed by atoms with van der Waals surface area (Å²) in [5, 5.41) is 3.14. The maximum atomic E-state index is 13.0.